The van der Waals surface area contributed by atoms with Crippen molar-refractivity contribution < 1.29 is 14.0 Å². The standard InChI is InChI=1S/C21H33FN4O2/c1-3-4-5-7-17(2)23-20(27)15-25-10-12-26(13-11-25)16-21(28)24-19-9-6-8-18(22)14-19/h6,8-9,14,17H,3-5,7,10-13,15-16H2,1-2H3,(H,23,27)(H,24,28)/t17-/m0/s1. The number of piperazine rings is 1. The predicted octanol–water partition coefficient (Wildman–Crippen LogP) is 2.47. The van der Waals surface area contributed by atoms with E-state index >= 15 is 0 Å². The van der Waals surface area contributed by atoms with Gasteiger partial charge in [0.25, 0.3) is 0 Å². The summed E-state index contributed by atoms with van der Waals surface area (Å²) in [6, 6.07) is 6.10. The third-order valence-corrected chi connectivity index (χ3v) is 4.96. The van der Waals surface area contributed by atoms with Crippen LogP contribution < -0.4 is 10.6 Å². The fraction of sp³-hybridized carbons (Fsp3) is 0.619. The SMILES string of the molecule is CCCCC[C@H](C)NC(=O)CN1CCN(CC(=O)Nc2cccc(F)c2)CC1. The second kappa shape index (κ2) is 11.8. The molecule has 0 radical (unpaired) electrons. The maximum Gasteiger partial charge on any atom is 0.238 e. The zero-order valence-electron chi connectivity index (χ0n) is 17.0. The number of hydrogen-bond donors (Lipinski definition) is 2. The van der Waals surface area contributed by atoms with Gasteiger partial charge in [-0.25, -0.2) is 4.39 Å². The van der Waals surface area contributed by atoms with Gasteiger partial charge in [-0.1, -0.05) is 32.3 Å². The Labute approximate surface area is 167 Å². The van der Waals surface area contributed by atoms with E-state index in [0.717, 1.165) is 39.0 Å². The van der Waals surface area contributed by atoms with Crippen LogP contribution in [-0.4, -0.2) is 66.9 Å². The Morgan fingerprint density at radius 1 is 1.07 bits per heavy atom. The number of nitrogens with one attached hydrogen (secondary N) is 2. The largest absolute Gasteiger partial charge is 0.353 e. The Morgan fingerprint density at radius 3 is 2.32 bits per heavy atom. The Kier molecular flexibility index (Phi) is 9.37. The summed E-state index contributed by atoms with van der Waals surface area (Å²) in [5.41, 5.74) is 0.466. The molecule has 2 amide bonds. The second-order valence-corrected chi connectivity index (χ2v) is 7.58. The molecule has 1 saturated heterocycles. The van der Waals surface area contributed by atoms with Gasteiger partial charge in [-0.3, -0.25) is 19.4 Å². The van der Waals surface area contributed by atoms with Gasteiger partial charge in [0.1, 0.15) is 5.82 Å². The van der Waals surface area contributed by atoms with E-state index in [1.165, 1.54) is 25.0 Å². The molecule has 6 nitrogen and oxygen atoms in total. The molecule has 2 rings (SSSR count). The lowest BCUT2D eigenvalue weighted by Gasteiger charge is -2.34. The summed E-state index contributed by atoms with van der Waals surface area (Å²) in [5, 5.41) is 5.79. The molecule has 7 heteroatoms. The van der Waals surface area contributed by atoms with E-state index in [1.807, 2.05) is 0 Å². The van der Waals surface area contributed by atoms with E-state index < -0.39 is 0 Å². The van der Waals surface area contributed by atoms with E-state index in [4.69, 9.17) is 0 Å². The first-order valence-electron chi connectivity index (χ1n) is 10.3. The number of nitrogens with zero attached hydrogens (tertiary/aromatic N) is 2. The molecule has 0 saturated carbocycles. The molecule has 1 heterocycles. The fourth-order valence-corrected chi connectivity index (χ4v) is 3.37. The lowest BCUT2D eigenvalue weighted by molar-refractivity contribution is -0.124. The van der Waals surface area contributed by atoms with Gasteiger partial charge >= 0.3 is 0 Å². The summed E-state index contributed by atoms with van der Waals surface area (Å²) in [6.07, 6.45) is 4.56. The number of amides is 2. The van der Waals surface area contributed by atoms with Gasteiger partial charge in [-0.2, -0.15) is 0 Å². The minimum absolute atomic E-state index is 0.0706. The van der Waals surface area contributed by atoms with E-state index in [1.54, 1.807) is 12.1 Å². The first-order chi connectivity index (χ1) is 13.5. The van der Waals surface area contributed by atoms with E-state index in [0.29, 0.717) is 12.2 Å². The molecule has 2 N–H and O–H groups in total. The van der Waals surface area contributed by atoms with Crippen molar-refractivity contribution in [3.8, 4) is 0 Å². The molecule has 0 unspecified atom stereocenters. The van der Waals surface area contributed by atoms with Crippen molar-refractivity contribution in [3.63, 3.8) is 0 Å². The normalized spacial score (nSPS) is 16.5. The number of hydrogen-bond acceptors (Lipinski definition) is 4. The van der Waals surface area contributed by atoms with Crippen LogP contribution >= 0.6 is 0 Å². The zero-order valence-corrected chi connectivity index (χ0v) is 17.0. The molecule has 156 valence electrons. The number of rotatable bonds is 10. The molecule has 0 spiro atoms. The number of unbranched alkanes of at least 4 members (excludes halogenated alkanes) is 2. The van der Waals surface area contributed by atoms with Crippen LogP contribution in [0.4, 0.5) is 10.1 Å². The molecule has 1 aromatic carbocycles. The van der Waals surface area contributed by atoms with Gasteiger partial charge in [0.2, 0.25) is 11.8 Å². The summed E-state index contributed by atoms with van der Waals surface area (Å²) in [6.45, 7) is 7.88. The summed E-state index contributed by atoms with van der Waals surface area (Å²) < 4.78 is 13.2. The highest BCUT2D eigenvalue weighted by atomic mass is 19.1. The Hall–Kier alpha value is -1.99. The molecule has 28 heavy (non-hydrogen) atoms. The molecule has 1 aliphatic heterocycles. The Bertz CT molecular complexity index is 633. The number of carbonyl (C=O) groups is 2. The highest BCUT2D eigenvalue weighted by molar-refractivity contribution is 5.92. The predicted molar refractivity (Wildman–Crippen MR) is 110 cm³/mol. The van der Waals surface area contributed by atoms with Crippen molar-refractivity contribution in [1.82, 2.24) is 15.1 Å². The molecular weight excluding hydrogens is 359 g/mol. The lowest BCUT2D eigenvalue weighted by atomic mass is 10.1. The molecule has 1 fully saturated rings. The van der Waals surface area contributed by atoms with E-state index in [-0.39, 0.29) is 30.2 Å². The molecule has 1 atom stereocenters. The second-order valence-electron chi connectivity index (χ2n) is 7.58. The van der Waals surface area contributed by atoms with Crippen molar-refractivity contribution >= 4 is 17.5 Å². The average Bonchev–Trinajstić information content (AvgIpc) is 2.63. The van der Waals surface area contributed by atoms with Crippen molar-refractivity contribution in [2.45, 2.75) is 45.6 Å². The van der Waals surface area contributed by atoms with Gasteiger partial charge in [-0.05, 0) is 31.5 Å². The minimum atomic E-state index is -0.371. The maximum absolute atomic E-state index is 13.2. The average molecular weight is 393 g/mol. The van der Waals surface area contributed by atoms with E-state index in [2.05, 4.69) is 34.3 Å². The summed E-state index contributed by atoms with van der Waals surface area (Å²) in [5.74, 6) is -0.455. The van der Waals surface area contributed by atoms with Crippen molar-refractivity contribution in [2.75, 3.05) is 44.6 Å². The van der Waals surface area contributed by atoms with E-state index in [9.17, 15) is 14.0 Å². The van der Waals surface area contributed by atoms with Crippen LogP contribution in [0.3, 0.4) is 0 Å². The quantitative estimate of drug-likeness (QED) is 0.601. The van der Waals surface area contributed by atoms with Gasteiger partial charge in [0, 0.05) is 37.9 Å². The van der Waals surface area contributed by atoms with Gasteiger partial charge in [0.15, 0.2) is 0 Å². The molecule has 0 bridgehead atoms. The van der Waals surface area contributed by atoms with Gasteiger partial charge in [-0.15, -0.1) is 0 Å². The van der Waals surface area contributed by atoms with Crippen molar-refractivity contribution in [3.05, 3.63) is 30.1 Å². The van der Waals surface area contributed by atoms with Crippen molar-refractivity contribution in [1.29, 1.82) is 0 Å². The number of benzene rings is 1. The first kappa shape index (κ1) is 22.3. The highest BCUT2D eigenvalue weighted by Crippen LogP contribution is 2.09. The van der Waals surface area contributed by atoms with Gasteiger partial charge < -0.3 is 10.6 Å². The molecule has 0 aliphatic carbocycles. The molecule has 1 aliphatic rings. The third-order valence-electron chi connectivity index (χ3n) is 4.96. The van der Waals surface area contributed by atoms with Crippen LogP contribution in [0.25, 0.3) is 0 Å². The number of halogens is 1. The monoisotopic (exact) mass is 392 g/mol. The number of anilines is 1. The van der Waals surface area contributed by atoms with Crippen molar-refractivity contribution in [2.24, 2.45) is 0 Å². The molecule has 0 aromatic heterocycles. The van der Waals surface area contributed by atoms with Crippen LogP contribution in [0.2, 0.25) is 0 Å². The van der Waals surface area contributed by atoms with Crippen LogP contribution in [0.1, 0.15) is 39.5 Å². The van der Waals surface area contributed by atoms with Crippen LogP contribution in [0.5, 0.6) is 0 Å². The molecule has 1 aromatic rings. The minimum Gasteiger partial charge on any atom is -0.353 e. The summed E-state index contributed by atoms with van der Waals surface area (Å²) in [4.78, 5) is 28.5. The maximum atomic E-state index is 13.2. The first-order valence-corrected chi connectivity index (χ1v) is 10.3. The highest BCUT2D eigenvalue weighted by Gasteiger charge is 2.21. The fourth-order valence-electron chi connectivity index (χ4n) is 3.37. The Morgan fingerprint density at radius 2 is 1.71 bits per heavy atom. The summed E-state index contributed by atoms with van der Waals surface area (Å²) >= 11 is 0. The summed E-state index contributed by atoms with van der Waals surface area (Å²) in [7, 11) is 0. The third kappa shape index (κ3) is 8.35. The van der Waals surface area contributed by atoms with Gasteiger partial charge in [0.05, 0.1) is 13.1 Å². The van der Waals surface area contributed by atoms with Crippen LogP contribution in [-0.2, 0) is 9.59 Å². The topological polar surface area (TPSA) is 64.7 Å². The Balaban J connectivity index is 1.64. The number of carbonyl (C=O) groups excluding carboxylic acids is 2. The van der Waals surface area contributed by atoms with Crippen LogP contribution in [0.15, 0.2) is 24.3 Å². The lowest BCUT2D eigenvalue weighted by Crippen LogP contribution is -2.51. The zero-order chi connectivity index (χ0) is 20.4. The molecular formula is C21H33FN4O2. The van der Waals surface area contributed by atoms with Crippen LogP contribution in [0, 0.1) is 5.82 Å². The smallest absolute Gasteiger partial charge is 0.238 e.